The molecule has 0 spiro atoms. The summed E-state index contributed by atoms with van der Waals surface area (Å²) in [6.45, 7) is 5.48. The van der Waals surface area contributed by atoms with Crippen molar-refractivity contribution in [1.82, 2.24) is 0 Å². The van der Waals surface area contributed by atoms with E-state index in [0.717, 1.165) is 0 Å². The minimum absolute atomic E-state index is 0.154. The zero-order valence-corrected chi connectivity index (χ0v) is 12.2. The molecule has 1 amide bonds. The van der Waals surface area contributed by atoms with Gasteiger partial charge in [-0.2, -0.15) is 0 Å². The maximum absolute atomic E-state index is 13.0. The number of hydrogen-bond acceptors (Lipinski definition) is 3. The summed E-state index contributed by atoms with van der Waals surface area (Å²) in [6.07, 6.45) is 4.62. The van der Waals surface area contributed by atoms with E-state index in [1.165, 1.54) is 17.1 Å². The zero-order valence-electron chi connectivity index (χ0n) is 12.2. The number of anilines is 1. The van der Waals surface area contributed by atoms with Crippen molar-refractivity contribution < 1.29 is 14.4 Å². The van der Waals surface area contributed by atoms with E-state index >= 15 is 0 Å². The summed E-state index contributed by atoms with van der Waals surface area (Å²) in [4.78, 5) is 38.0. The minimum atomic E-state index is -0.875. The average Bonchev–Trinajstić information content (AvgIpc) is 2.70. The topological polar surface area (TPSA) is 54.5 Å². The predicted octanol–water partition coefficient (Wildman–Crippen LogP) is 2.58. The van der Waals surface area contributed by atoms with E-state index < -0.39 is 17.0 Å². The van der Waals surface area contributed by atoms with Crippen LogP contribution in [0.1, 0.15) is 13.3 Å². The first-order chi connectivity index (χ1) is 10.5. The van der Waals surface area contributed by atoms with Crippen molar-refractivity contribution in [2.75, 3.05) is 4.90 Å². The standard InChI is InChI=1S/C18H15NO3/c1-3-9-18(2)13-10-15(20)16(21)11-14(13)19(17(18)22)12-7-5-4-6-8-12/h3-8,10-11H,1,9H2,2H3. The van der Waals surface area contributed by atoms with Gasteiger partial charge in [0.2, 0.25) is 17.5 Å². The van der Waals surface area contributed by atoms with Gasteiger partial charge in [-0.1, -0.05) is 24.3 Å². The Morgan fingerprint density at radius 3 is 2.36 bits per heavy atom. The largest absolute Gasteiger partial charge is 0.286 e. The fourth-order valence-corrected chi connectivity index (χ4v) is 2.97. The molecule has 1 atom stereocenters. The Morgan fingerprint density at radius 2 is 1.73 bits per heavy atom. The highest BCUT2D eigenvalue weighted by Gasteiger charge is 2.51. The normalized spacial score (nSPS) is 24.0. The van der Waals surface area contributed by atoms with Gasteiger partial charge in [-0.25, -0.2) is 0 Å². The molecule has 0 bridgehead atoms. The van der Waals surface area contributed by atoms with Gasteiger partial charge in [0.1, 0.15) is 0 Å². The second-order valence-electron chi connectivity index (χ2n) is 5.62. The highest BCUT2D eigenvalue weighted by Crippen LogP contribution is 2.48. The zero-order chi connectivity index (χ0) is 15.9. The SMILES string of the molecule is C=CCC1(C)C(=O)N(c2ccccc2)C2=CC(=O)C(=O)C=C21. The lowest BCUT2D eigenvalue weighted by molar-refractivity contribution is -0.131. The number of carbonyl (C=O) groups excluding carboxylic acids is 3. The minimum Gasteiger partial charge on any atom is -0.286 e. The summed E-state index contributed by atoms with van der Waals surface area (Å²) in [5.74, 6) is -1.34. The molecule has 0 radical (unpaired) electrons. The first-order valence-corrected chi connectivity index (χ1v) is 7.02. The van der Waals surface area contributed by atoms with Crippen LogP contribution >= 0.6 is 0 Å². The van der Waals surface area contributed by atoms with Crippen LogP contribution in [-0.4, -0.2) is 17.5 Å². The molecule has 0 aromatic heterocycles. The average molecular weight is 293 g/mol. The van der Waals surface area contributed by atoms with E-state index in [2.05, 4.69) is 6.58 Å². The highest BCUT2D eigenvalue weighted by atomic mass is 16.2. The van der Waals surface area contributed by atoms with Gasteiger partial charge in [0, 0.05) is 11.8 Å². The second kappa shape index (κ2) is 4.91. The number of rotatable bonds is 3. The van der Waals surface area contributed by atoms with Crippen molar-refractivity contribution in [1.29, 1.82) is 0 Å². The van der Waals surface area contributed by atoms with Crippen LogP contribution in [0.3, 0.4) is 0 Å². The van der Waals surface area contributed by atoms with E-state index in [1.54, 1.807) is 25.1 Å². The van der Waals surface area contributed by atoms with Crippen molar-refractivity contribution in [3.8, 4) is 0 Å². The molecule has 1 aliphatic carbocycles. The Kier molecular flexibility index (Phi) is 3.17. The maximum atomic E-state index is 13.0. The summed E-state index contributed by atoms with van der Waals surface area (Å²) < 4.78 is 0. The summed E-state index contributed by atoms with van der Waals surface area (Å²) >= 11 is 0. The molecule has 1 fully saturated rings. The molecule has 22 heavy (non-hydrogen) atoms. The highest BCUT2D eigenvalue weighted by molar-refractivity contribution is 6.47. The molecular weight excluding hydrogens is 278 g/mol. The monoisotopic (exact) mass is 293 g/mol. The summed E-state index contributed by atoms with van der Waals surface area (Å²) in [5, 5.41) is 0. The number of para-hydroxylation sites is 1. The van der Waals surface area contributed by atoms with Gasteiger partial charge in [-0.05, 0) is 37.1 Å². The maximum Gasteiger partial charge on any atom is 0.242 e. The molecule has 110 valence electrons. The van der Waals surface area contributed by atoms with Crippen LogP contribution < -0.4 is 4.90 Å². The number of allylic oxidation sites excluding steroid dienone is 4. The molecule has 0 N–H and O–H groups in total. The van der Waals surface area contributed by atoms with E-state index in [1.807, 2.05) is 18.2 Å². The van der Waals surface area contributed by atoms with Crippen LogP contribution in [0.25, 0.3) is 0 Å². The number of nitrogens with zero attached hydrogens (tertiary/aromatic N) is 1. The molecule has 4 heteroatoms. The van der Waals surface area contributed by atoms with E-state index in [0.29, 0.717) is 23.4 Å². The van der Waals surface area contributed by atoms with Crippen molar-refractivity contribution in [2.45, 2.75) is 13.3 Å². The van der Waals surface area contributed by atoms with E-state index in [9.17, 15) is 14.4 Å². The summed E-state index contributed by atoms with van der Waals surface area (Å²) in [5.41, 5.74) is 0.885. The van der Waals surface area contributed by atoms with Crippen LogP contribution in [0.5, 0.6) is 0 Å². The Labute approximate surface area is 128 Å². The van der Waals surface area contributed by atoms with Gasteiger partial charge in [-0.3, -0.25) is 19.3 Å². The Hall–Kier alpha value is -2.75. The summed E-state index contributed by atoms with van der Waals surface area (Å²) in [6, 6.07) is 9.11. The van der Waals surface area contributed by atoms with Crippen LogP contribution in [0.4, 0.5) is 5.69 Å². The molecule has 1 aliphatic heterocycles. The lowest BCUT2D eigenvalue weighted by atomic mass is 9.78. The van der Waals surface area contributed by atoms with Crippen molar-refractivity contribution in [2.24, 2.45) is 5.41 Å². The number of hydrogen-bond donors (Lipinski definition) is 0. The number of benzene rings is 1. The van der Waals surface area contributed by atoms with Crippen molar-refractivity contribution in [3.63, 3.8) is 0 Å². The first-order valence-electron chi connectivity index (χ1n) is 7.02. The molecule has 0 saturated carbocycles. The molecule has 1 heterocycles. The van der Waals surface area contributed by atoms with Gasteiger partial charge >= 0.3 is 0 Å². The van der Waals surface area contributed by atoms with E-state index in [4.69, 9.17) is 0 Å². The molecular formula is C18H15NO3. The molecule has 2 aliphatic rings. The molecule has 1 aromatic rings. The smallest absolute Gasteiger partial charge is 0.242 e. The molecule has 1 unspecified atom stereocenters. The number of ketones is 2. The summed E-state index contributed by atoms with van der Waals surface area (Å²) in [7, 11) is 0. The quantitative estimate of drug-likeness (QED) is 0.489. The first kappa shape index (κ1) is 14.2. The van der Waals surface area contributed by atoms with Crippen molar-refractivity contribution in [3.05, 3.63) is 66.4 Å². The molecule has 3 rings (SSSR count). The lowest BCUT2D eigenvalue weighted by Gasteiger charge is -2.21. The third-order valence-corrected chi connectivity index (χ3v) is 4.14. The second-order valence-corrected chi connectivity index (χ2v) is 5.62. The number of carbonyl (C=O) groups is 3. The molecule has 4 nitrogen and oxygen atoms in total. The predicted molar refractivity (Wildman–Crippen MR) is 83.0 cm³/mol. The Morgan fingerprint density at radius 1 is 1.09 bits per heavy atom. The number of fused-ring (bicyclic) bond motifs is 1. The lowest BCUT2D eigenvalue weighted by Crippen LogP contribution is -2.32. The Balaban J connectivity index is 2.21. The fourth-order valence-electron chi connectivity index (χ4n) is 2.97. The third kappa shape index (κ3) is 1.88. The number of amides is 1. The van der Waals surface area contributed by atoms with Gasteiger partial charge in [0.25, 0.3) is 0 Å². The fraction of sp³-hybridized carbons (Fsp3) is 0.167. The molecule has 1 aromatic carbocycles. The van der Waals surface area contributed by atoms with Crippen LogP contribution in [0.2, 0.25) is 0 Å². The molecule has 1 saturated heterocycles. The van der Waals surface area contributed by atoms with Gasteiger partial charge in [-0.15, -0.1) is 6.58 Å². The third-order valence-electron chi connectivity index (χ3n) is 4.14. The van der Waals surface area contributed by atoms with Gasteiger partial charge in [0.15, 0.2) is 0 Å². The van der Waals surface area contributed by atoms with Crippen molar-refractivity contribution >= 4 is 23.2 Å². The van der Waals surface area contributed by atoms with E-state index in [-0.39, 0.29) is 5.91 Å². The van der Waals surface area contributed by atoms with Crippen LogP contribution in [0, 0.1) is 5.41 Å². The van der Waals surface area contributed by atoms with Gasteiger partial charge < -0.3 is 0 Å². The van der Waals surface area contributed by atoms with Crippen LogP contribution in [0.15, 0.2) is 66.4 Å². The Bertz CT molecular complexity index is 758. The van der Waals surface area contributed by atoms with Crippen LogP contribution in [-0.2, 0) is 14.4 Å². The van der Waals surface area contributed by atoms with Gasteiger partial charge in [0.05, 0.1) is 11.1 Å².